The largest absolute Gasteiger partial charge is 0.465 e. The molecule has 0 aliphatic carbocycles. The SMILES string of the molecule is CCOC(=O)C(N)c1ncc(Br)nc1Br. The molecule has 0 aliphatic heterocycles. The average molecular weight is 339 g/mol. The third kappa shape index (κ3) is 3.22. The molecule has 82 valence electrons. The minimum absolute atomic E-state index is 0.286. The summed E-state index contributed by atoms with van der Waals surface area (Å²) in [6.07, 6.45) is 1.47. The minimum Gasteiger partial charge on any atom is -0.465 e. The molecule has 0 saturated heterocycles. The Kier molecular flexibility index (Phi) is 4.62. The maximum absolute atomic E-state index is 11.3. The Balaban J connectivity index is 2.91. The van der Waals surface area contributed by atoms with Gasteiger partial charge in [-0.15, -0.1) is 0 Å². The van der Waals surface area contributed by atoms with Crippen LogP contribution < -0.4 is 5.73 Å². The van der Waals surface area contributed by atoms with Gasteiger partial charge in [-0.05, 0) is 38.8 Å². The molecule has 1 atom stereocenters. The van der Waals surface area contributed by atoms with Crippen LogP contribution in [0.1, 0.15) is 18.7 Å². The fraction of sp³-hybridized carbons (Fsp3) is 0.375. The van der Waals surface area contributed by atoms with Crippen molar-refractivity contribution >= 4 is 37.8 Å². The van der Waals surface area contributed by atoms with Crippen molar-refractivity contribution in [3.05, 3.63) is 21.1 Å². The first-order valence-corrected chi connectivity index (χ1v) is 5.75. The molecule has 5 nitrogen and oxygen atoms in total. The van der Waals surface area contributed by atoms with E-state index in [-0.39, 0.29) is 6.61 Å². The predicted molar refractivity (Wildman–Crippen MR) is 61.0 cm³/mol. The molecule has 15 heavy (non-hydrogen) atoms. The Morgan fingerprint density at radius 1 is 1.67 bits per heavy atom. The molecule has 2 N–H and O–H groups in total. The standard InChI is InChI=1S/C8H9Br2N3O2/c1-2-15-8(14)5(11)6-7(10)13-4(9)3-12-6/h3,5H,2,11H2,1H3. The Morgan fingerprint density at radius 2 is 2.33 bits per heavy atom. The van der Waals surface area contributed by atoms with Crippen LogP contribution in [-0.2, 0) is 9.53 Å². The first-order valence-electron chi connectivity index (χ1n) is 4.16. The van der Waals surface area contributed by atoms with E-state index in [1.807, 2.05) is 0 Å². The van der Waals surface area contributed by atoms with Gasteiger partial charge < -0.3 is 10.5 Å². The van der Waals surface area contributed by atoms with Crippen LogP contribution in [0.25, 0.3) is 0 Å². The second kappa shape index (κ2) is 5.53. The highest BCUT2D eigenvalue weighted by atomic mass is 79.9. The van der Waals surface area contributed by atoms with Gasteiger partial charge in [-0.3, -0.25) is 4.98 Å². The molecule has 7 heteroatoms. The minimum atomic E-state index is -0.917. The van der Waals surface area contributed by atoms with E-state index in [1.54, 1.807) is 6.92 Å². The lowest BCUT2D eigenvalue weighted by Crippen LogP contribution is -2.25. The van der Waals surface area contributed by atoms with E-state index in [0.717, 1.165) is 0 Å². The molecule has 1 rings (SSSR count). The molecule has 0 amide bonds. The van der Waals surface area contributed by atoms with E-state index in [2.05, 4.69) is 41.8 Å². The van der Waals surface area contributed by atoms with Crippen LogP contribution in [0.15, 0.2) is 15.4 Å². The van der Waals surface area contributed by atoms with Crippen LogP contribution in [0.2, 0.25) is 0 Å². The van der Waals surface area contributed by atoms with Gasteiger partial charge in [0.25, 0.3) is 0 Å². The number of ether oxygens (including phenoxy) is 1. The van der Waals surface area contributed by atoms with E-state index in [4.69, 9.17) is 10.5 Å². The molecule has 1 unspecified atom stereocenters. The van der Waals surface area contributed by atoms with Gasteiger partial charge in [-0.25, -0.2) is 9.78 Å². The van der Waals surface area contributed by atoms with Gasteiger partial charge >= 0.3 is 5.97 Å². The summed E-state index contributed by atoms with van der Waals surface area (Å²) in [5.41, 5.74) is 6.01. The van der Waals surface area contributed by atoms with Crippen molar-refractivity contribution in [2.75, 3.05) is 6.61 Å². The van der Waals surface area contributed by atoms with Crippen LogP contribution in [0, 0.1) is 0 Å². The van der Waals surface area contributed by atoms with Crippen LogP contribution in [0.3, 0.4) is 0 Å². The Bertz CT molecular complexity index is 373. The number of carbonyl (C=O) groups excluding carboxylic acids is 1. The number of hydrogen-bond donors (Lipinski definition) is 1. The van der Waals surface area contributed by atoms with Crippen molar-refractivity contribution in [2.45, 2.75) is 13.0 Å². The van der Waals surface area contributed by atoms with Crippen LogP contribution >= 0.6 is 31.9 Å². The monoisotopic (exact) mass is 337 g/mol. The topological polar surface area (TPSA) is 78.1 Å². The maximum Gasteiger partial charge on any atom is 0.329 e. The lowest BCUT2D eigenvalue weighted by Gasteiger charge is -2.10. The summed E-state index contributed by atoms with van der Waals surface area (Å²) in [7, 11) is 0. The van der Waals surface area contributed by atoms with Gasteiger partial charge in [-0.1, -0.05) is 0 Å². The van der Waals surface area contributed by atoms with Crippen molar-refractivity contribution in [2.24, 2.45) is 5.73 Å². The van der Waals surface area contributed by atoms with Gasteiger partial charge in [0.05, 0.1) is 12.8 Å². The molecule has 0 bridgehead atoms. The normalized spacial score (nSPS) is 12.3. The second-order valence-electron chi connectivity index (χ2n) is 2.60. The Hall–Kier alpha value is -0.530. The molecule has 1 aromatic rings. The van der Waals surface area contributed by atoms with Crippen LogP contribution in [0.5, 0.6) is 0 Å². The third-order valence-corrected chi connectivity index (χ3v) is 2.53. The van der Waals surface area contributed by atoms with Gasteiger partial charge in [0.15, 0.2) is 0 Å². The summed E-state index contributed by atoms with van der Waals surface area (Å²) in [5.74, 6) is -0.519. The summed E-state index contributed by atoms with van der Waals surface area (Å²) >= 11 is 6.33. The Labute approximate surface area is 104 Å². The number of carbonyl (C=O) groups is 1. The first-order chi connectivity index (χ1) is 7.06. The summed E-state index contributed by atoms with van der Waals surface area (Å²) in [6.45, 7) is 2.00. The zero-order valence-electron chi connectivity index (χ0n) is 7.91. The number of hydrogen-bond acceptors (Lipinski definition) is 5. The highest BCUT2D eigenvalue weighted by molar-refractivity contribution is 9.11. The smallest absolute Gasteiger partial charge is 0.329 e. The number of halogens is 2. The molecule has 0 radical (unpaired) electrons. The van der Waals surface area contributed by atoms with Crippen LogP contribution in [0.4, 0.5) is 0 Å². The highest BCUT2D eigenvalue weighted by Crippen LogP contribution is 2.20. The number of aromatic nitrogens is 2. The average Bonchev–Trinajstić information content (AvgIpc) is 2.17. The van der Waals surface area contributed by atoms with Crippen molar-refractivity contribution in [3.63, 3.8) is 0 Å². The number of rotatable bonds is 3. The summed E-state index contributed by atoms with van der Waals surface area (Å²) < 4.78 is 5.77. The maximum atomic E-state index is 11.3. The number of nitrogens with zero attached hydrogens (tertiary/aromatic N) is 2. The van der Waals surface area contributed by atoms with Gasteiger partial charge in [0, 0.05) is 0 Å². The zero-order valence-corrected chi connectivity index (χ0v) is 11.1. The van der Waals surface area contributed by atoms with Crippen molar-refractivity contribution in [1.29, 1.82) is 0 Å². The summed E-state index contributed by atoms with van der Waals surface area (Å²) in [4.78, 5) is 19.4. The number of esters is 1. The van der Waals surface area contributed by atoms with E-state index in [9.17, 15) is 4.79 Å². The molecule has 0 fully saturated rings. The van der Waals surface area contributed by atoms with Gasteiger partial charge in [-0.2, -0.15) is 0 Å². The molecule has 1 aromatic heterocycles. The predicted octanol–water partition coefficient (Wildman–Crippen LogP) is 1.56. The van der Waals surface area contributed by atoms with Crippen molar-refractivity contribution < 1.29 is 9.53 Å². The molecule has 0 aliphatic rings. The summed E-state index contributed by atoms with van der Waals surface area (Å²) in [6, 6.07) is -0.917. The second-order valence-corrected chi connectivity index (χ2v) is 4.16. The highest BCUT2D eigenvalue weighted by Gasteiger charge is 2.21. The molecule has 1 heterocycles. The summed E-state index contributed by atoms with van der Waals surface area (Å²) in [5, 5.41) is 0. The van der Waals surface area contributed by atoms with E-state index in [1.165, 1.54) is 6.20 Å². The molecule has 0 spiro atoms. The van der Waals surface area contributed by atoms with E-state index >= 15 is 0 Å². The quantitative estimate of drug-likeness (QED) is 0.846. The molecule has 0 saturated carbocycles. The van der Waals surface area contributed by atoms with E-state index in [0.29, 0.717) is 14.9 Å². The third-order valence-electron chi connectivity index (χ3n) is 1.56. The first kappa shape index (κ1) is 12.5. The molecular weight excluding hydrogens is 330 g/mol. The molecular formula is C8H9Br2N3O2. The lowest BCUT2D eigenvalue weighted by molar-refractivity contribution is -0.144. The Morgan fingerprint density at radius 3 is 2.87 bits per heavy atom. The van der Waals surface area contributed by atoms with Gasteiger partial charge in [0.2, 0.25) is 0 Å². The number of nitrogens with two attached hydrogens (primary N) is 1. The fourth-order valence-corrected chi connectivity index (χ4v) is 1.97. The molecule has 0 aromatic carbocycles. The lowest BCUT2D eigenvalue weighted by atomic mass is 10.2. The van der Waals surface area contributed by atoms with Crippen molar-refractivity contribution in [3.8, 4) is 0 Å². The van der Waals surface area contributed by atoms with Gasteiger partial charge in [0.1, 0.15) is 20.9 Å². The zero-order chi connectivity index (χ0) is 11.4. The fourth-order valence-electron chi connectivity index (χ4n) is 0.908. The van der Waals surface area contributed by atoms with Crippen LogP contribution in [-0.4, -0.2) is 22.5 Å². The van der Waals surface area contributed by atoms with E-state index < -0.39 is 12.0 Å². The van der Waals surface area contributed by atoms with Crippen molar-refractivity contribution in [1.82, 2.24) is 9.97 Å².